The van der Waals surface area contributed by atoms with Crippen LogP contribution in [0.5, 0.6) is 5.75 Å². The van der Waals surface area contributed by atoms with E-state index in [0.717, 1.165) is 0 Å². The summed E-state index contributed by atoms with van der Waals surface area (Å²) in [5, 5.41) is 14.3. The minimum absolute atomic E-state index is 0.0466. The molecule has 0 saturated carbocycles. The number of aromatic nitrogens is 1. The molecule has 0 unspecified atom stereocenters. The maximum Gasteiger partial charge on any atom is 0.311 e. The van der Waals surface area contributed by atoms with Crippen LogP contribution in [0, 0.1) is 0 Å². The zero-order valence-corrected chi connectivity index (χ0v) is 13.3. The Hall–Kier alpha value is -1.93. The lowest BCUT2D eigenvalue weighted by Crippen LogP contribution is -2.12. The number of ether oxygens (including phenoxy) is 1. The number of amides is 1. The van der Waals surface area contributed by atoms with Gasteiger partial charge in [0.1, 0.15) is 5.75 Å². The summed E-state index contributed by atoms with van der Waals surface area (Å²) in [4.78, 5) is 27.3. The number of methoxy groups -OCH3 is 1. The van der Waals surface area contributed by atoms with Crippen LogP contribution >= 0.6 is 27.3 Å². The van der Waals surface area contributed by atoms with E-state index in [1.165, 1.54) is 30.6 Å². The van der Waals surface area contributed by atoms with Crippen LogP contribution in [-0.2, 0) is 16.0 Å². The van der Waals surface area contributed by atoms with E-state index in [9.17, 15) is 14.7 Å². The second-order valence-corrected chi connectivity index (χ2v) is 5.79. The third kappa shape index (κ3) is 4.02. The van der Waals surface area contributed by atoms with Crippen LogP contribution in [0.25, 0.3) is 0 Å². The third-order valence-electron chi connectivity index (χ3n) is 2.53. The van der Waals surface area contributed by atoms with Crippen LogP contribution in [0.1, 0.15) is 16.1 Å². The predicted molar refractivity (Wildman–Crippen MR) is 81.6 cm³/mol. The number of aromatic hydroxyl groups is 1. The van der Waals surface area contributed by atoms with E-state index < -0.39 is 11.9 Å². The van der Waals surface area contributed by atoms with Crippen LogP contribution in [0.4, 0.5) is 5.13 Å². The van der Waals surface area contributed by atoms with Gasteiger partial charge in [-0.1, -0.05) is 15.9 Å². The first-order valence-electron chi connectivity index (χ1n) is 5.80. The number of esters is 1. The molecule has 6 nitrogen and oxygen atoms in total. The van der Waals surface area contributed by atoms with Crippen LogP contribution in [-0.4, -0.2) is 29.1 Å². The van der Waals surface area contributed by atoms with Gasteiger partial charge in [-0.05, 0) is 18.2 Å². The highest BCUT2D eigenvalue weighted by atomic mass is 79.9. The number of rotatable bonds is 4. The molecule has 2 N–H and O–H groups in total. The molecule has 8 heteroatoms. The average molecular weight is 371 g/mol. The molecule has 0 bridgehead atoms. The normalized spacial score (nSPS) is 10.2. The van der Waals surface area contributed by atoms with E-state index in [4.69, 9.17) is 0 Å². The summed E-state index contributed by atoms with van der Waals surface area (Å²) in [7, 11) is 1.30. The van der Waals surface area contributed by atoms with Crippen molar-refractivity contribution in [1.82, 2.24) is 4.98 Å². The van der Waals surface area contributed by atoms with Crippen LogP contribution in [0.3, 0.4) is 0 Å². The molecule has 0 aliphatic rings. The largest absolute Gasteiger partial charge is 0.507 e. The van der Waals surface area contributed by atoms with Crippen molar-refractivity contribution in [3.8, 4) is 5.75 Å². The summed E-state index contributed by atoms with van der Waals surface area (Å²) in [5.74, 6) is -1.00. The van der Waals surface area contributed by atoms with E-state index in [0.29, 0.717) is 15.3 Å². The number of phenols is 1. The molecule has 2 rings (SSSR count). The molecule has 1 amide bonds. The van der Waals surface area contributed by atoms with Crippen molar-refractivity contribution in [2.45, 2.75) is 6.42 Å². The highest BCUT2D eigenvalue weighted by Gasteiger charge is 2.14. The van der Waals surface area contributed by atoms with Gasteiger partial charge < -0.3 is 9.84 Å². The Morgan fingerprint density at radius 2 is 2.24 bits per heavy atom. The van der Waals surface area contributed by atoms with Gasteiger partial charge in [0.25, 0.3) is 5.91 Å². The summed E-state index contributed by atoms with van der Waals surface area (Å²) in [5.41, 5.74) is 0.648. The fourth-order valence-corrected chi connectivity index (χ4v) is 2.59. The van der Waals surface area contributed by atoms with E-state index in [1.54, 1.807) is 11.4 Å². The number of carbonyl (C=O) groups is 2. The lowest BCUT2D eigenvalue weighted by molar-refractivity contribution is -0.139. The molecule has 2 aromatic rings. The monoisotopic (exact) mass is 370 g/mol. The number of carbonyl (C=O) groups excluding carboxylic acids is 2. The number of nitrogens with zero attached hydrogens (tertiary/aromatic N) is 1. The molecule has 0 aliphatic carbocycles. The van der Waals surface area contributed by atoms with Crippen molar-refractivity contribution in [2.24, 2.45) is 0 Å². The van der Waals surface area contributed by atoms with Gasteiger partial charge in [0, 0.05) is 9.85 Å². The van der Waals surface area contributed by atoms with Crippen molar-refractivity contribution < 1.29 is 19.4 Å². The Morgan fingerprint density at radius 1 is 1.48 bits per heavy atom. The van der Waals surface area contributed by atoms with E-state index in [-0.39, 0.29) is 17.7 Å². The standard InChI is InChI=1S/C13H11BrN2O4S/c1-20-11(18)5-8-6-21-13(15-8)16-12(19)9-4-7(14)2-3-10(9)17/h2-4,6,17H,5H2,1H3,(H,15,16,19). The topological polar surface area (TPSA) is 88.5 Å². The maximum absolute atomic E-state index is 12.1. The molecule has 0 radical (unpaired) electrons. The molecule has 0 saturated heterocycles. The smallest absolute Gasteiger partial charge is 0.311 e. The number of phenolic OH excluding ortho intramolecular Hbond substituents is 1. The Morgan fingerprint density at radius 3 is 2.95 bits per heavy atom. The number of hydrogen-bond acceptors (Lipinski definition) is 6. The Labute approximate surface area is 132 Å². The number of benzene rings is 1. The molecule has 1 heterocycles. The maximum atomic E-state index is 12.1. The first-order valence-corrected chi connectivity index (χ1v) is 7.48. The van der Waals surface area contributed by atoms with Crippen molar-refractivity contribution in [2.75, 3.05) is 12.4 Å². The number of hydrogen-bond donors (Lipinski definition) is 2. The lowest BCUT2D eigenvalue weighted by atomic mass is 10.2. The van der Waals surface area contributed by atoms with Crippen molar-refractivity contribution in [3.63, 3.8) is 0 Å². The molecule has 0 fully saturated rings. The van der Waals surface area contributed by atoms with Crippen molar-refractivity contribution in [1.29, 1.82) is 0 Å². The summed E-state index contributed by atoms with van der Waals surface area (Å²) < 4.78 is 5.22. The molecular formula is C13H11BrN2O4S. The molecule has 0 aliphatic heterocycles. The van der Waals surface area contributed by atoms with Gasteiger partial charge in [-0.2, -0.15) is 0 Å². The van der Waals surface area contributed by atoms with Gasteiger partial charge in [0.05, 0.1) is 24.8 Å². The summed E-state index contributed by atoms with van der Waals surface area (Å²) in [6.07, 6.45) is 0.0466. The Balaban J connectivity index is 2.09. The van der Waals surface area contributed by atoms with E-state index in [2.05, 4.69) is 31.0 Å². The zero-order valence-electron chi connectivity index (χ0n) is 10.9. The van der Waals surface area contributed by atoms with Gasteiger partial charge in [-0.15, -0.1) is 11.3 Å². The number of nitrogens with one attached hydrogen (secondary N) is 1. The Kier molecular flexibility index (Phi) is 4.92. The van der Waals surface area contributed by atoms with Gasteiger partial charge >= 0.3 is 5.97 Å². The summed E-state index contributed by atoms with van der Waals surface area (Å²) >= 11 is 4.42. The van der Waals surface area contributed by atoms with Crippen LogP contribution in [0.15, 0.2) is 28.1 Å². The van der Waals surface area contributed by atoms with Gasteiger partial charge in [0.2, 0.25) is 0 Å². The van der Waals surface area contributed by atoms with Crippen LogP contribution < -0.4 is 5.32 Å². The molecule has 1 aromatic heterocycles. The number of halogens is 1. The fourth-order valence-electron chi connectivity index (χ4n) is 1.52. The molecule has 0 spiro atoms. The molecule has 0 atom stereocenters. The predicted octanol–water partition coefficient (Wildman–Crippen LogP) is 2.58. The minimum atomic E-state index is -0.479. The number of thiazole rings is 1. The highest BCUT2D eigenvalue weighted by molar-refractivity contribution is 9.10. The fraction of sp³-hybridized carbons (Fsp3) is 0.154. The van der Waals surface area contributed by atoms with Crippen molar-refractivity contribution in [3.05, 3.63) is 39.3 Å². The minimum Gasteiger partial charge on any atom is -0.507 e. The van der Waals surface area contributed by atoms with Crippen LogP contribution in [0.2, 0.25) is 0 Å². The summed E-state index contributed by atoms with van der Waals surface area (Å²) in [6, 6.07) is 4.56. The third-order valence-corrected chi connectivity index (χ3v) is 3.83. The SMILES string of the molecule is COC(=O)Cc1csc(NC(=O)c2cc(Br)ccc2O)n1. The van der Waals surface area contributed by atoms with Crippen molar-refractivity contribution >= 4 is 44.3 Å². The molecule has 1 aromatic carbocycles. The van der Waals surface area contributed by atoms with Gasteiger partial charge in [-0.3, -0.25) is 14.9 Å². The second-order valence-electron chi connectivity index (χ2n) is 4.01. The second kappa shape index (κ2) is 6.68. The first kappa shape index (κ1) is 15.5. The van der Waals surface area contributed by atoms with E-state index >= 15 is 0 Å². The summed E-state index contributed by atoms with van der Waals surface area (Å²) in [6.45, 7) is 0. The molecular weight excluding hydrogens is 360 g/mol. The highest BCUT2D eigenvalue weighted by Crippen LogP contribution is 2.24. The molecule has 21 heavy (non-hydrogen) atoms. The van der Waals surface area contributed by atoms with E-state index in [1.807, 2.05) is 0 Å². The first-order chi connectivity index (χ1) is 9.99. The Bertz CT molecular complexity index is 687. The zero-order chi connectivity index (χ0) is 15.4. The van der Waals surface area contributed by atoms with Gasteiger partial charge in [-0.25, -0.2) is 4.98 Å². The van der Waals surface area contributed by atoms with Gasteiger partial charge in [0.15, 0.2) is 5.13 Å². The number of anilines is 1. The lowest BCUT2D eigenvalue weighted by Gasteiger charge is -2.04. The molecule has 110 valence electrons. The average Bonchev–Trinajstić information content (AvgIpc) is 2.88. The quantitative estimate of drug-likeness (QED) is 0.807.